The molecular formula is C17H30N4O7. The molecule has 0 saturated heterocycles. The summed E-state index contributed by atoms with van der Waals surface area (Å²) in [5.41, 5.74) is -3.86. The maximum atomic E-state index is 12.2. The third-order valence-electron chi connectivity index (χ3n) is 3.62. The number of aliphatic carboxylic acids is 1. The van der Waals surface area contributed by atoms with Crippen molar-refractivity contribution in [1.29, 1.82) is 0 Å². The van der Waals surface area contributed by atoms with E-state index >= 15 is 0 Å². The van der Waals surface area contributed by atoms with Crippen molar-refractivity contribution in [3.8, 4) is 0 Å². The molecule has 160 valence electrons. The van der Waals surface area contributed by atoms with E-state index in [1.165, 1.54) is 27.7 Å². The van der Waals surface area contributed by atoms with Gasteiger partial charge < -0.3 is 31.1 Å². The number of carbonyl (C=O) groups excluding carboxylic acids is 4. The van der Waals surface area contributed by atoms with Crippen molar-refractivity contribution in [2.75, 3.05) is 13.3 Å². The fourth-order valence-corrected chi connectivity index (χ4v) is 1.58. The number of carboxylic acids is 1. The highest BCUT2D eigenvalue weighted by molar-refractivity contribution is 6.04. The Morgan fingerprint density at radius 1 is 0.679 bits per heavy atom. The molecule has 0 spiro atoms. The quantitative estimate of drug-likeness (QED) is 0.280. The van der Waals surface area contributed by atoms with Gasteiger partial charge in [-0.1, -0.05) is 0 Å². The van der Waals surface area contributed by atoms with Gasteiger partial charge in [-0.15, -0.1) is 0 Å². The Bertz CT molecular complexity index is 636. The molecule has 0 atom stereocenters. The number of nitrogens with one attached hydrogen (secondary N) is 4. The first-order chi connectivity index (χ1) is 12.5. The Hall–Kier alpha value is -2.85. The standard InChI is InChI=1S/C17H30N4O7/c1-15(2,3)28-14(27)21-9-20-11(23)16(4,5)10(22)18-8-19-12(24)17(6,7)13(25)26/h8-9H2,1-7H3,(H,18,22)(H,19,24)(H,20,23)(H,21,27)(H,25,26). The summed E-state index contributed by atoms with van der Waals surface area (Å²) in [4.78, 5) is 58.7. The fourth-order valence-electron chi connectivity index (χ4n) is 1.58. The highest BCUT2D eigenvalue weighted by Gasteiger charge is 2.37. The summed E-state index contributed by atoms with van der Waals surface area (Å²) in [6.45, 7) is 9.64. The van der Waals surface area contributed by atoms with Crippen molar-refractivity contribution in [1.82, 2.24) is 21.3 Å². The summed E-state index contributed by atoms with van der Waals surface area (Å²) in [6.07, 6.45) is -0.723. The van der Waals surface area contributed by atoms with Crippen LogP contribution < -0.4 is 21.3 Å². The van der Waals surface area contributed by atoms with E-state index in [0.717, 1.165) is 0 Å². The third kappa shape index (κ3) is 7.80. The van der Waals surface area contributed by atoms with Crippen LogP contribution >= 0.6 is 0 Å². The number of hydrogen-bond acceptors (Lipinski definition) is 6. The normalized spacial score (nSPS) is 11.8. The van der Waals surface area contributed by atoms with Crippen LogP contribution in [0.5, 0.6) is 0 Å². The van der Waals surface area contributed by atoms with Crippen molar-refractivity contribution in [3.05, 3.63) is 0 Å². The summed E-state index contributed by atoms with van der Waals surface area (Å²) in [7, 11) is 0. The minimum atomic E-state index is -1.66. The third-order valence-corrected chi connectivity index (χ3v) is 3.62. The van der Waals surface area contributed by atoms with Gasteiger partial charge in [-0.2, -0.15) is 0 Å². The van der Waals surface area contributed by atoms with Crippen LogP contribution in [-0.4, -0.2) is 53.8 Å². The number of carboxylic acid groups (broad SMARTS) is 1. The molecule has 11 heteroatoms. The van der Waals surface area contributed by atoms with Gasteiger partial charge in [0.25, 0.3) is 0 Å². The molecule has 0 aliphatic carbocycles. The van der Waals surface area contributed by atoms with Gasteiger partial charge >= 0.3 is 12.1 Å². The molecule has 0 heterocycles. The lowest BCUT2D eigenvalue weighted by molar-refractivity contribution is -0.153. The van der Waals surface area contributed by atoms with Gasteiger partial charge in [-0.25, -0.2) is 4.79 Å². The zero-order chi connectivity index (χ0) is 22.3. The maximum Gasteiger partial charge on any atom is 0.409 e. The Morgan fingerprint density at radius 3 is 1.39 bits per heavy atom. The predicted molar refractivity (Wildman–Crippen MR) is 98.7 cm³/mol. The monoisotopic (exact) mass is 402 g/mol. The molecule has 0 rings (SSSR count). The summed E-state index contributed by atoms with van der Waals surface area (Å²) in [5, 5.41) is 18.3. The van der Waals surface area contributed by atoms with E-state index in [9.17, 15) is 24.0 Å². The minimum absolute atomic E-state index is 0.242. The number of alkyl carbamates (subject to hydrolysis) is 1. The number of hydrogen-bond donors (Lipinski definition) is 5. The fraction of sp³-hybridized carbons (Fsp3) is 0.706. The molecule has 0 aromatic rings. The lowest BCUT2D eigenvalue weighted by Crippen LogP contribution is -2.53. The lowest BCUT2D eigenvalue weighted by Gasteiger charge is -2.24. The van der Waals surface area contributed by atoms with Gasteiger partial charge in [0.1, 0.15) is 16.4 Å². The van der Waals surface area contributed by atoms with E-state index in [4.69, 9.17) is 9.84 Å². The number of amides is 4. The van der Waals surface area contributed by atoms with Crippen LogP contribution in [0.1, 0.15) is 48.5 Å². The van der Waals surface area contributed by atoms with Crippen LogP contribution in [0.15, 0.2) is 0 Å². The Kier molecular flexibility index (Phi) is 8.42. The van der Waals surface area contributed by atoms with Crippen molar-refractivity contribution in [3.63, 3.8) is 0 Å². The first kappa shape index (κ1) is 25.1. The molecule has 0 fully saturated rings. The van der Waals surface area contributed by atoms with E-state index in [2.05, 4.69) is 21.3 Å². The van der Waals surface area contributed by atoms with Crippen molar-refractivity contribution < 1.29 is 33.8 Å². The molecule has 0 aliphatic heterocycles. The Labute approximate surface area is 163 Å². The zero-order valence-electron chi connectivity index (χ0n) is 17.3. The zero-order valence-corrected chi connectivity index (χ0v) is 17.3. The SMILES string of the molecule is CC(C)(C)OC(=O)NCNC(=O)C(C)(C)C(=O)NCNC(=O)C(C)(C)C(=O)O. The first-order valence-electron chi connectivity index (χ1n) is 8.57. The van der Waals surface area contributed by atoms with Crippen LogP contribution in [0.3, 0.4) is 0 Å². The molecular weight excluding hydrogens is 372 g/mol. The van der Waals surface area contributed by atoms with Crippen molar-refractivity contribution >= 4 is 29.8 Å². The van der Waals surface area contributed by atoms with E-state index in [1.807, 2.05) is 0 Å². The van der Waals surface area contributed by atoms with E-state index in [1.54, 1.807) is 20.8 Å². The smallest absolute Gasteiger partial charge is 0.409 e. The molecule has 0 aliphatic rings. The van der Waals surface area contributed by atoms with Gasteiger partial charge in [0, 0.05) is 0 Å². The summed E-state index contributed by atoms with van der Waals surface area (Å²) in [5.74, 6) is -3.47. The van der Waals surface area contributed by atoms with Gasteiger partial charge in [-0.3, -0.25) is 19.2 Å². The molecule has 0 saturated carbocycles. The summed E-state index contributed by atoms with van der Waals surface area (Å²) in [6, 6.07) is 0. The van der Waals surface area contributed by atoms with Crippen LogP contribution in [0.25, 0.3) is 0 Å². The Balaban J connectivity index is 4.50. The highest BCUT2D eigenvalue weighted by Crippen LogP contribution is 2.16. The summed E-state index contributed by atoms with van der Waals surface area (Å²) < 4.78 is 5.01. The Morgan fingerprint density at radius 2 is 1.04 bits per heavy atom. The maximum absolute atomic E-state index is 12.2. The largest absolute Gasteiger partial charge is 0.480 e. The van der Waals surface area contributed by atoms with Gasteiger partial charge in [0.15, 0.2) is 0 Å². The molecule has 0 unspecified atom stereocenters. The second kappa shape index (κ2) is 9.38. The van der Waals surface area contributed by atoms with Crippen LogP contribution in [0, 0.1) is 10.8 Å². The second-order valence-corrected chi connectivity index (χ2v) is 8.11. The average Bonchev–Trinajstić information content (AvgIpc) is 2.52. The molecule has 5 N–H and O–H groups in total. The van der Waals surface area contributed by atoms with E-state index < -0.39 is 46.2 Å². The van der Waals surface area contributed by atoms with E-state index in [0.29, 0.717) is 0 Å². The van der Waals surface area contributed by atoms with E-state index in [-0.39, 0.29) is 13.3 Å². The second-order valence-electron chi connectivity index (χ2n) is 8.11. The molecule has 28 heavy (non-hydrogen) atoms. The molecule has 0 aromatic carbocycles. The highest BCUT2D eigenvalue weighted by atomic mass is 16.6. The van der Waals surface area contributed by atoms with Gasteiger partial charge in [-0.05, 0) is 48.5 Å². The van der Waals surface area contributed by atoms with Crippen molar-refractivity contribution in [2.24, 2.45) is 10.8 Å². The van der Waals surface area contributed by atoms with Crippen molar-refractivity contribution in [2.45, 2.75) is 54.1 Å². The minimum Gasteiger partial charge on any atom is -0.480 e. The van der Waals surface area contributed by atoms with Crippen LogP contribution in [0.4, 0.5) is 4.79 Å². The topological polar surface area (TPSA) is 163 Å². The lowest BCUT2D eigenvalue weighted by atomic mass is 9.91. The first-order valence-corrected chi connectivity index (χ1v) is 8.57. The molecule has 11 nitrogen and oxygen atoms in total. The molecule has 0 bridgehead atoms. The predicted octanol–water partition coefficient (Wildman–Crippen LogP) is -0.0883. The number of rotatable bonds is 8. The summed E-state index contributed by atoms with van der Waals surface area (Å²) >= 11 is 0. The molecule has 0 radical (unpaired) electrons. The van der Waals surface area contributed by atoms with Gasteiger partial charge in [0.2, 0.25) is 17.7 Å². The average molecular weight is 402 g/mol. The molecule has 0 aromatic heterocycles. The van der Waals surface area contributed by atoms with Crippen LogP contribution in [0.2, 0.25) is 0 Å². The molecule has 4 amide bonds. The van der Waals surface area contributed by atoms with Crippen LogP contribution in [-0.2, 0) is 23.9 Å². The number of ether oxygens (including phenoxy) is 1. The van der Waals surface area contributed by atoms with Gasteiger partial charge in [0.05, 0.1) is 13.3 Å². The number of carbonyl (C=O) groups is 5.